The van der Waals surface area contributed by atoms with E-state index in [4.69, 9.17) is 5.11 Å². The molecule has 0 bridgehead atoms. The molecule has 1 aromatic carbocycles. The van der Waals surface area contributed by atoms with E-state index in [1.54, 1.807) is 16.8 Å². The van der Waals surface area contributed by atoms with Gasteiger partial charge in [0.25, 0.3) is 0 Å². The second kappa shape index (κ2) is 4.47. The second-order valence-electron chi connectivity index (χ2n) is 4.38. The summed E-state index contributed by atoms with van der Waals surface area (Å²) in [5.41, 5.74) is 1.89. The van der Waals surface area contributed by atoms with Crippen LogP contribution in [0.2, 0.25) is 0 Å². The topological polar surface area (TPSA) is 63.0 Å². The van der Waals surface area contributed by atoms with E-state index < -0.39 is 5.82 Å². The van der Waals surface area contributed by atoms with Crippen molar-refractivity contribution in [2.45, 2.75) is 12.5 Å². The Labute approximate surface area is 103 Å². The van der Waals surface area contributed by atoms with Crippen LogP contribution in [0.1, 0.15) is 17.2 Å². The maximum Gasteiger partial charge on any atom is 0.128 e. The minimum atomic E-state index is -0.412. The Bertz CT molecular complexity index is 565. The van der Waals surface area contributed by atoms with Gasteiger partial charge in [-0.05, 0) is 18.2 Å². The van der Waals surface area contributed by atoms with Crippen LogP contribution >= 0.6 is 0 Å². The predicted molar refractivity (Wildman–Crippen MR) is 62.9 cm³/mol. The number of halogens is 1. The van der Waals surface area contributed by atoms with Crippen LogP contribution in [0.5, 0.6) is 0 Å². The maximum absolute atomic E-state index is 13.3. The average Bonchev–Trinajstić information content (AvgIpc) is 2.76. The fourth-order valence-electron chi connectivity index (χ4n) is 1.91. The molecular weight excluding hydrogens is 235 g/mol. The molecule has 1 saturated heterocycles. The first-order valence-corrected chi connectivity index (χ1v) is 5.80. The van der Waals surface area contributed by atoms with Crippen LogP contribution in [0.4, 0.5) is 4.39 Å². The maximum atomic E-state index is 13.3. The number of rotatable bonds is 3. The van der Waals surface area contributed by atoms with E-state index in [0.29, 0.717) is 11.6 Å². The predicted octanol–water partition coefficient (Wildman–Crippen LogP) is 0.585. The largest absolute Gasteiger partial charge is 0.392 e. The lowest BCUT2D eigenvalue weighted by molar-refractivity contribution is 0.275. The summed E-state index contributed by atoms with van der Waals surface area (Å²) in [5.74, 6) is 0.00120. The van der Waals surface area contributed by atoms with E-state index in [2.05, 4.69) is 15.6 Å². The molecule has 1 aliphatic rings. The van der Waals surface area contributed by atoms with Crippen LogP contribution in [0.15, 0.2) is 24.4 Å². The van der Waals surface area contributed by atoms with Crippen LogP contribution in [0.3, 0.4) is 0 Å². The summed E-state index contributed by atoms with van der Waals surface area (Å²) in [7, 11) is 0. The number of nitrogens with zero attached hydrogens (tertiary/aromatic N) is 3. The smallest absolute Gasteiger partial charge is 0.128 e. The van der Waals surface area contributed by atoms with Gasteiger partial charge in [0.1, 0.15) is 5.82 Å². The van der Waals surface area contributed by atoms with Crippen molar-refractivity contribution in [1.29, 1.82) is 0 Å². The zero-order valence-electron chi connectivity index (χ0n) is 9.67. The summed E-state index contributed by atoms with van der Waals surface area (Å²) in [5, 5.41) is 20.4. The van der Waals surface area contributed by atoms with E-state index in [9.17, 15) is 4.39 Å². The van der Waals surface area contributed by atoms with Gasteiger partial charge in [0.05, 0.1) is 24.2 Å². The Morgan fingerprint density at radius 1 is 1.44 bits per heavy atom. The van der Waals surface area contributed by atoms with E-state index in [1.807, 2.05) is 6.20 Å². The minimum absolute atomic E-state index is 0.259. The summed E-state index contributed by atoms with van der Waals surface area (Å²) < 4.78 is 14.9. The second-order valence-corrected chi connectivity index (χ2v) is 4.38. The van der Waals surface area contributed by atoms with Gasteiger partial charge in [-0.25, -0.2) is 9.07 Å². The molecular formula is C12H13FN4O. The summed E-state index contributed by atoms with van der Waals surface area (Å²) in [6, 6.07) is 4.52. The number of aliphatic hydroxyl groups is 1. The fraction of sp³-hybridized carbons (Fsp3) is 0.333. The highest BCUT2D eigenvalue weighted by atomic mass is 19.1. The first kappa shape index (κ1) is 11.3. The molecule has 0 amide bonds. The lowest BCUT2D eigenvalue weighted by atomic mass is 10.0. The first-order valence-electron chi connectivity index (χ1n) is 5.80. The van der Waals surface area contributed by atoms with Gasteiger partial charge in [0, 0.05) is 24.6 Å². The van der Waals surface area contributed by atoms with E-state index in [0.717, 1.165) is 18.8 Å². The molecule has 0 unspecified atom stereocenters. The molecule has 2 aromatic rings. The minimum Gasteiger partial charge on any atom is -0.392 e. The molecule has 0 aliphatic carbocycles. The lowest BCUT2D eigenvalue weighted by Crippen LogP contribution is -2.40. The number of aliphatic hydroxyl groups excluding tert-OH is 1. The van der Waals surface area contributed by atoms with Gasteiger partial charge in [-0.15, -0.1) is 5.10 Å². The Hall–Kier alpha value is -1.79. The molecule has 0 atom stereocenters. The van der Waals surface area contributed by atoms with Gasteiger partial charge >= 0.3 is 0 Å². The number of hydrogen-bond acceptors (Lipinski definition) is 4. The number of hydrogen-bond donors (Lipinski definition) is 2. The number of aromatic nitrogens is 3. The Kier molecular flexibility index (Phi) is 2.81. The molecule has 5 nitrogen and oxygen atoms in total. The molecule has 2 heterocycles. The van der Waals surface area contributed by atoms with Gasteiger partial charge in [-0.3, -0.25) is 0 Å². The average molecular weight is 248 g/mol. The quantitative estimate of drug-likeness (QED) is 0.834. The molecule has 1 aromatic heterocycles. The number of nitrogens with one attached hydrogen (secondary N) is 1. The SMILES string of the molecule is OCc1cc(-n2cc(C3CNC3)nn2)ccc1F. The third kappa shape index (κ3) is 1.89. The highest BCUT2D eigenvalue weighted by Crippen LogP contribution is 2.19. The number of benzene rings is 1. The van der Waals surface area contributed by atoms with E-state index in [1.165, 1.54) is 6.07 Å². The summed E-state index contributed by atoms with van der Waals surface area (Å²) in [6.45, 7) is 1.52. The molecule has 0 saturated carbocycles. The van der Waals surface area contributed by atoms with Crippen molar-refractivity contribution in [3.05, 3.63) is 41.5 Å². The fourth-order valence-corrected chi connectivity index (χ4v) is 1.91. The zero-order valence-corrected chi connectivity index (χ0v) is 9.67. The van der Waals surface area contributed by atoms with Crippen LogP contribution in [0.25, 0.3) is 5.69 Å². The normalized spacial score (nSPS) is 15.7. The van der Waals surface area contributed by atoms with Crippen molar-refractivity contribution in [3.63, 3.8) is 0 Å². The van der Waals surface area contributed by atoms with Crippen LogP contribution in [-0.2, 0) is 6.61 Å². The van der Waals surface area contributed by atoms with Gasteiger partial charge in [0.2, 0.25) is 0 Å². The third-order valence-corrected chi connectivity index (χ3v) is 3.18. The molecule has 18 heavy (non-hydrogen) atoms. The van der Waals surface area contributed by atoms with Crippen LogP contribution < -0.4 is 5.32 Å². The zero-order chi connectivity index (χ0) is 12.5. The molecule has 94 valence electrons. The molecule has 0 radical (unpaired) electrons. The first-order chi connectivity index (χ1) is 8.78. The highest BCUT2D eigenvalue weighted by Gasteiger charge is 2.22. The van der Waals surface area contributed by atoms with Crippen molar-refractivity contribution in [2.24, 2.45) is 0 Å². The molecule has 0 spiro atoms. The summed E-state index contributed by atoms with van der Waals surface area (Å²) >= 11 is 0. The van der Waals surface area contributed by atoms with E-state index in [-0.39, 0.29) is 12.2 Å². The van der Waals surface area contributed by atoms with E-state index >= 15 is 0 Å². The van der Waals surface area contributed by atoms with Crippen molar-refractivity contribution in [2.75, 3.05) is 13.1 Å². The molecule has 1 fully saturated rings. The third-order valence-electron chi connectivity index (χ3n) is 3.18. The van der Waals surface area contributed by atoms with Gasteiger partial charge < -0.3 is 10.4 Å². The van der Waals surface area contributed by atoms with Crippen molar-refractivity contribution in [3.8, 4) is 5.69 Å². The Morgan fingerprint density at radius 3 is 2.94 bits per heavy atom. The summed E-state index contributed by atoms with van der Waals surface area (Å²) in [4.78, 5) is 0. The molecule has 6 heteroatoms. The van der Waals surface area contributed by atoms with Crippen LogP contribution in [-0.4, -0.2) is 33.2 Å². The Morgan fingerprint density at radius 2 is 2.28 bits per heavy atom. The molecule has 2 N–H and O–H groups in total. The lowest BCUT2D eigenvalue weighted by Gasteiger charge is -2.24. The van der Waals surface area contributed by atoms with Gasteiger partial charge in [0.15, 0.2) is 0 Å². The molecule has 3 rings (SSSR count). The monoisotopic (exact) mass is 248 g/mol. The van der Waals surface area contributed by atoms with Gasteiger partial charge in [-0.1, -0.05) is 5.21 Å². The van der Waals surface area contributed by atoms with Crippen LogP contribution in [0, 0.1) is 5.82 Å². The van der Waals surface area contributed by atoms with Gasteiger partial charge in [-0.2, -0.15) is 0 Å². The highest BCUT2D eigenvalue weighted by molar-refractivity contribution is 5.36. The van der Waals surface area contributed by atoms with Crippen molar-refractivity contribution >= 4 is 0 Å². The Balaban J connectivity index is 1.91. The van der Waals surface area contributed by atoms with Crippen molar-refractivity contribution < 1.29 is 9.50 Å². The standard InChI is InChI=1S/C12H13FN4O/c13-11-2-1-10(3-8(11)7-18)17-6-12(15-16-17)9-4-14-5-9/h1-3,6,9,14,18H,4-5,7H2. The summed E-state index contributed by atoms with van der Waals surface area (Å²) in [6.07, 6.45) is 1.85. The van der Waals surface area contributed by atoms with Crippen molar-refractivity contribution in [1.82, 2.24) is 20.3 Å². The molecule has 1 aliphatic heterocycles.